The molecule has 1 saturated heterocycles. The van der Waals surface area contributed by atoms with E-state index in [4.69, 9.17) is 15.2 Å². The van der Waals surface area contributed by atoms with Crippen LogP contribution in [0.25, 0.3) is 0 Å². The molecule has 2 aliphatic rings. The summed E-state index contributed by atoms with van der Waals surface area (Å²) in [5.41, 5.74) is 8.15. The first-order valence-corrected chi connectivity index (χ1v) is 13.3. The summed E-state index contributed by atoms with van der Waals surface area (Å²) in [5.74, 6) is 3.61. The van der Waals surface area contributed by atoms with Crippen LogP contribution >= 0.6 is 0 Å². The van der Waals surface area contributed by atoms with Gasteiger partial charge in [-0.05, 0) is 69.1 Å². The van der Waals surface area contributed by atoms with Crippen molar-refractivity contribution >= 4 is 0 Å². The molecule has 9 nitrogen and oxygen atoms in total. The van der Waals surface area contributed by atoms with Gasteiger partial charge >= 0.3 is 0 Å². The van der Waals surface area contributed by atoms with Gasteiger partial charge in [-0.15, -0.1) is 15.3 Å². The Kier molecular flexibility index (Phi) is 7.39. The van der Waals surface area contributed by atoms with Gasteiger partial charge in [0.25, 0.3) is 0 Å². The maximum atomic E-state index is 6.25. The lowest BCUT2D eigenvalue weighted by molar-refractivity contribution is 0.00154. The Morgan fingerprint density at radius 3 is 2.56 bits per heavy atom. The van der Waals surface area contributed by atoms with Gasteiger partial charge in [-0.1, -0.05) is 31.2 Å². The normalized spacial score (nSPS) is 25.7. The van der Waals surface area contributed by atoms with Gasteiger partial charge in [0.05, 0.1) is 18.8 Å². The van der Waals surface area contributed by atoms with Gasteiger partial charge in [-0.3, -0.25) is 0 Å². The largest absolute Gasteiger partial charge is 0.483 e. The first-order valence-electron chi connectivity index (χ1n) is 13.3. The molecular weight excluding hydrogens is 454 g/mol. The Balaban J connectivity index is 1.19. The van der Waals surface area contributed by atoms with Crippen LogP contribution in [0.5, 0.6) is 5.75 Å². The average Bonchev–Trinajstić information content (AvgIpc) is 3.52. The number of hydrogen-bond acceptors (Lipinski definition) is 7. The van der Waals surface area contributed by atoms with Gasteiger partial charge in [0.2, 0.25) is 0 Å². The van der Waals surface area contributed by atoms with Gasteiger partial charge in [0.1, 0.15) is 23.4 Å². The SMILES string of the molecule is CC(C)c1cccc(O[C@H](C)c2nnc([C@H]3CC[C@H](n4cc([C@@H]5CC[C@@H](N)CO5)nn4)CC3)n2C)c1. The number of aromatic nitrogens is 6. The summed E-state index contributed by atoms with van der Waals surface area (Å²) in [4.78, 5) is 0. The fourth-order valence-corrected chi connectivity index (χ4v) is 5.49. The molecule has 3 heterocycles. The molecular formula is C27H39N7O2. The van der Waals surface area contributed by atoms with E-state index in [0.717, 1.165) is 61.6 Å². The molecule has 3 aromatic rings. The molecule has 194 valence electrons. The highest BCUT2D eigenvalue weighted by molar-refractivity contribution is 5.30. The first-order chi connectivity index (χ1) is 17.4. The maximum Gasteiger partial charge on any atom is 0.173 e. The lowest BCUT2D eigenvalue weighted by Gasteiger charge is -2.28. The van der Waals surface area contributed by atoms with Crippen molar-refractivity contribution < 1.29 is 9.47 Å². The molecule has 1 aliphatic carbocycles. The van der Waals surface area contributed by atoms with Crippen LogP contribution in [0.4, 0.5) is 0 Å². The van der Waals surface area contributed by atoms with E-state index in [0.29, 0.717) is 24.5 Å². The zero-order valence-electron chi connectivity index (χ0n) is 21.9. The van der Waals surface area contributed by atoms with Crippen molar-refractivity contribution in [3.05, 3.63) is 53.4 Å². The van der Waals surface area contributed by atoms with Crippen LogP contribution in [0.2, 0.25) is 0 Å². The van der Waals surface area contributed by atoms with E-state index < -0.39 is 0 Å². The molecule has 0 bridgehead atoms. The second kappa shape index (κ2) is 10.7. The maximum absolute atomic E-state index is 6.25. The molecule has 0 unspecified atom stereocenters. The van der Waals surface area contributed by atoms with Crippen LogP contribution < -0.4 is 10.5 Å². The van der Waals surface area contributed by atoms with Gasteiger partial charge in [-0.2, -0.15) is 0 Å². The van der Waals surface area contributed by atoms with E-state index >= 15 is 0 Å². The Morgan fingerprint density at radius 2 is 1.83 bits per heavy atom. The Bertz CT molecular complexity index is 1140. The minimum absolute atomic E-state index is 0.0176. The highest BCUT2D eigenvalue weighted by Gasteiger charge is 2.30. The summed E-state index contributed by atoms with van der Waals surface area (Å²) in [6.45, 7) is 7.01. The Labute approximate surface area is 213 Å². The Morgan fingerprint density at radius 1 is 1.03 bits per heavy atom. The van der Waals surface area contributed by atoms with Crippen LogP contribution in [-0.4, -0.2) is 42.4 Å². The number of nitrogens with zero attached hydrogens (tertiary/aromatic N) is 6. The van der Waals surface area contributed by atoms with Crippen molar-refractivity contribution in [1.29, 1.82) is 0 Å². The minimum Gasteiger partial charge on any atom is -0.483 e. The lowest BCUT2D eigenvalue weighted by atomic mass is 9.85. The predicted octanol–water partition coefficient (Wildman–Crippen LogP) is 4.75. The summed E-state index contributed by atoms with van der Waals surface area (Å²) in [5, 5.41) is 18.0. The summed E-state index contributed by atoms with van der Waals surface area (Å²) in [7, 11) is 2.06. The molecule has 36 heavy (non-hydrogen) atoms. The third-order valence-electron chi connectivity index (χ3n) is 7.75. The molecule has 0 spiro atoms. The van der Waals surface area contributed by atoms with Crippen molar-refractivity contribution in [2.24, 2.45) is 12.8 Å². The van der Waals surface area contributed by atoms with Gasteiger partial charge < -0.3 is 19.8 Å². The molecule has 9 heteroatoms. The standard InChI is InChI=1S/C27H39N7O2/c1-17(2)20-6-5-7-23(14-20)36-18(3)26-30-31-27(33(26)4)19-8-11-22(12-9-19)34-15-24(29-32-34)25-13-10-21(28)16-35-25/h5-7,14-15,17-19,21-22,25H,8-13,16,28H2,1-4H3/t18-,19-,21-,22-,25+/m1/s1. The number of benzene rings is 1. The van der Waals surface area contributed by atoms with Gasteiger partial charge in [0, 0.05) is 19.0 Å². The Hall–Kier alpha value is -2.78. The summed E-state index contributed by atoms with van der Waals surface area (Å²) in [6.07, 6.45) is 7.96. The fraction of sp³-hybridized carbons (Fsp3) is 0.630. The van der Waals surface area contributed by atoms with Crippen LogP contribution in [-0.2, 0) is 11.8 Å². The number of nitrogens with two attached hydrogens (primary N) is 1. The number of hydrogen-bond donors (Lipinski definition) is 1. The summed E-state index contributed by atoms with van der Waals surface area (Å²) in [6, 6.07) is 8.80. The fourth-order valence-electron chi connectivity index (χ4n) is 5.49. The van der Waals surface area contributed by atoms with E-state index in [-0.39, 0.29) is 18.2 Å². The highest BCUT2D eigenvalue weighted by atomic mass is 16.5. The molecule has 3 atom stereocenters. The van der Waals surface area contributed by atoms with Crippen molar-refractivity contribution in [3.63, 3.8) is 0 Å². The second-order valence-electron chi connectivity index (χ2n) is 10.8. The number of rotatable bonds is 7. The molecule has 2 fully saturated rings. The zero-order chi connectivity index (χ0) is 25.2. The van der Waals surface area contributed by atoms with Crippen LogP contribution in [0.3, 0.4) is 0 Å². The van der Waals surface area contributed by atoms with Crippen LogP contribution in [0.15, 0.2) is 30.5 Å². The molecule has 2 aromatic heterocycles. The van der Waals surface area contributed by atoms with Crippen molar-refractivity contribution in [3.8, 4) is 5.75 Å². The minimum atomic E-state index is -0.180. The van der Waals surface area contributed by atoms with Crippen molar-refractivity contribution in [2.75, 3.05) is 6.61 Å². The second-order valence-corrected chi connectivity index (χ2v) is 10.8. The van der Waals surface area contributed by atoms with E-state index in [9.17, 15) is 0 Å². The zero-order valence-corrected chi connectivity index (χ0v) is 21.9. The molecule has 1 aliphatic heterocycles. The lowest BCUT2D eigenvalue weighted by Crippen LogP contribution is -2.32. The first kappa shape index (κ1) is 24.9. The monoisotopic (exact) mass is 493 g/mol. The van der Waals surface area contributed by atoms with Crippen LogP contribution in [0.1, 0.15) is 112 Å². The molecule has 1 aromatic carbocycles. The summed E-state index contributed by atoms with van der Waals surface area (Å²) >= 11 is 0. The van der Waals surface area contributed by atoms with E-state index in [1.54, 1.807) is 0 Å². The van der Waals surface area contributed by atoms with Crippen LogP contribution in [0, 0.1) is 0 Å². The molecule has 1 saturated carbocycles. The third kappa shape index (κ3) is 5.32. The summed E-state index contributed by atoms with van der Waals surface area (Å²) < 4.78 is 16.3. The van der Waals surface area contributed by atoms with Crippen molar-refractivity contribution in [2.45, 2.75) is 95.4 Å². The molecule has 5 rings (SSSR count). The quantitative estimate of drug-likeness (QED) is 0.506. The van der Waals surface area contributed by atoms with E-state index in [1.807, 2.05) is 23.7 Å². The molecule has 2 N–H and O–H groups in total. The number of ether oxygens (including phenoxy) is 2. The van der Waals surface area contributed by atoms with E-state index in [2.05, 4.69) is 64.3 Å². The van der Waals surface area contributed by atoms with Gasteiger partial charge in [-0.25, -0.2) is 4.68 Å². The highest BCUT2D eigenvalue weighted by Crippen LogP contribution is 2.38. The van der Waals surface area contributed by atoms with Gasteiger partial charge in [0.15, 0.2) is 11.9 Å². The average molecular weight is 494 g/mol. The third-order valence-corrected chi connectivity index (χ3v) is 7.75. The predicted molar refractivity (Wildman–Crippen MR) is 137 cm³/mol. The van der Waals surface area contributed by atoms with E-state index in [1.165, 1.54) is 5.56 Å². The molecule has 0 amide bonds. The molecule has 0 radical (unpaired) electrons. The smallest absolute Gasteiger partial charge is 0.173 e. The van der Waals surface area contributed by atoms with Crippen molar-refractivity contribution in [1.82, 2.24) is 29.8 Å². The topological polar surface area (TPSA) is 106 Å².